The zero-order valence-corrected chi connectivity index (χ0v) is 28.8. The molecule has 5 atom stereocenters. The van der Waals surface area contributed by atoms with Crippen molar-refractivity contribution in [2.75, 3.05) is 13.7 Å². The van der Waals surface area contributed by atoms with E-state index in [1.54, 1.807) is 11.8 Å². The molecule has 0 unspecified atom stereocenters. The Balaban J connectivity index is 1.72. The highest BCUT2D eigenvalue weighted by molar-refractivity contribution is 7.81. The first-order chi connectivity index (χ1) is 21.2. The number of ketones is 1. The second-order valence-corrected chi connectivity index (χ2v) is 13.3. The van der Waals surface area contributed by atoms with Crippen molar-refractivity contribution in [1.29, 1.82) is 0 Å². The first-order valence-corrected chi connectivity index (χ1v) is 17.3. The van der Waals surface area contributed by atoms with Crippen LogP contribution in [0, 0.1) is 5.92 Å². The second kappa shape index (κ2) is 16.1. The molecule has 2 saturated heterocycles. The minimum Gasteiger partial charge on any atom is -0.417 e. The third kappa shape index (κ3) is 7.95. The summed E-state index contributed by atoms with van der Waals surface area (Å²) in [6, 6.07) is 6.57. The molecule has 2 aliphatic heterocycles. The van der Waals surface area contributed by atoms with Gasteiger partial charge in [0.15, 0.2) is 0 Å². The number of para-hydroxylation sites is 1. The lowest BCUT2D eigenvalue weighted by Gasteiger charge is -2.41. The largest absolute Gasteiger partial charge is 0.417 e. The van der Waals surface area contributed by atoms with E-state index in [1.807, 2.05) is 42.3 Å². The molecule has 11 heteroatoms. The quantitative estimate of drug-likeness (QED) is 0.211. The van der Waals surface area contributed by atoms with E-state index in [9.17, 15) is 9.59 Å². The predicted octanol–water partition coefficient (Wildman–Crippen LogP) is 5.60. The Morgan fingerprint density at radius 3 is 2.52 bits per heavy atom. The van der Waals surface area contributed by atoms with Gasteiger partial charge in [0.05, 0.1) is 33.8 Å². The van der Waals surface area contributed by atoms with Gasteiger partial charge in [0.2, 0.25) is 5.91 Å². The molecule has 1 amide bonds. The number of fused-ring (bicyclic) bond motifs is 2. The number of nitrogens with one attached hydrogen (secondary N) is 3. The maximum atomic E-state index is 14.3. The van der Waals surface area contributed by atoms with Crippen LogP contribution in [0.4, 0.5) is 0 Å². The number of piperidine rings is 1. The van der Waals surface area contributed by atoms with Gasteiger partial charge in [-0.25, -0.2) is 0 Å². The van der Waals surface area contributed by atoms with Crippen LogP contribution in [0.25, 0.3) is 10.9 Å². The van der Waals surface area contributed by atoms with Gasteiger partial charge >= 0.3 is 0 Å². The third-order valence-corrected chi connectivity index (χ3v) is 10.3. The average molecular weight is 658 g/mol. The molecule has 8 nitrogen and oxygen atoms in total. The summed E-state index contributed by atoms with van der Waals surface area (Å²) in [5, 5.41) is 11.7. The van der Waals surface area contributed by atoms with Gasteiger partial charge in [-0.3, -0.25) is 9.59 Å². The summed E-state index contributed by atoms with van der Waals surface area (Å²) in [6.07, 6.45) is 10.1. The molecule has 240 valence electrons. The molecule has 1 aromatic heterocycles. The summed E-state index contributed by atoms with van der Waals surface area (Å²) < 4.78 is 1.73. The first kappa shape index (κ1) is 34.2. The van der Waals surface area contributed by atoms with Crippen molar-refractivity contribution < 1.29 is 14.4 Å². The van der Waals surface area contributed by atoms with Gasteiger partial charge in [-0.1, -0.05) is 94.9 Å². The lowest BCUT2D eigenvalue weighted by Crippen LogP contribution is -2.62. The molecule has 0 spiro atoms. The number of aromatic nitrogens is 1. The van der Waals surface area contributed by atoms with Crippen molar-refractivity contribution in [3.8, 4) is 0 Å². The van der Waals surface area contributed by atoms with Gasteiger partial charge in [0, 0.05) is 30.3 Å². The van der Waals surface area contributed by atoms with Gasteiger partial charge < -0.3 is 25.7 Å². The van der Waals surface area contributed by atoms with E-state index in [1.165, 1.54) is 0 Å². The Bertz CT molecular complexity index is 1360. The number of carbonyl (C=O) groups excluding carboxylic acids is 2. The summed E-state index contributed by atoms with van der Waals surface area (Å²) in [5.74, 6) is 0.381. The standard InChI is InChI=1S/C33H47N5O3S3/c1-5-21(3)28-33(40)37-19-13-12-18-27(37)31(43)34-25(16-9-7-8-14-22(39)6-2)30(42)36-29(32(44)35-28)24-20-38(41-4)26-17-11-10-15-23(24)26/h10-11,15,17,20-21,25,27-29H,5-9,12-14,16,18-19H2,1-4H3,(H,34,43)(H,35,44)(H,36,42)/t21-,25-,27+,28-,29-/m0/s1. The van der Waals surface area contributed by atoms with Crippen molar-refractivity contribution in [1.82, 2.24) is 25.6 Å². The molecule has 44 heavy (non-hydrogen) atoms. The monoisotopic (exact) mass is 657 g/mol. The van der Waals surface area contributed by atoms with Crippen LogP contribution in [0.15, 0.2) is 30.5 Å². The summed E-state index contributed by atoms with van der Waals surface area (Å²) >= 11 is 18.3. The average Bonchev–Trinajstić information content (AvgIpc) is 3.42. The number of benzene rings is 1. The number of hydrogen-bond acceptors (Lipinski definition) is 6. The molecular formula is C33H47N5O3S3. The molecule has 0 bridgehead atoms. The van der Waals surface area contributed by atoms with Crippen LogP contribution in [0.5, 0.6) is 0 Å². The predicted molar refractivity (Wildman–Crippen MR) is 189 cm³/mol. The highest BCUT2D eigenvalue weighted by Crippen LogP contribution is 2.29. The zero-order valence-electron chi connectivity index (χ0n) is 26.4. The Morgan fingerprint density at radius 1 is 1.02 bits per heavy atom. The van der Waals surface area contributed by atoms with E-state index in [2.05, 4.69) is 29.8 Å². The maximum absolute atomic E-state index is 14.3. The van der Waals surface area contributed by atoms with Crippen LogP contribution in [0.1, 0.15) is 96.6 Å². The fraction of sp³-hybridized carbons (Fsp3) is 0.606. The number of amides is 1. The van der Waals surface area contributed by atoms with E-state index in [0.717, 1.165) is 67.8 Å². The Hall–Kier alpha value is -2.63. The minimum atomic E-state index is -0.505. The zero-order chi connectivity index (χ0) is 31.8. The lowest BCUT2D eigenvalue weighted by atomic mass is 9.93. The number of carbonyl (C=O) groups is 2. The number of rotatable bonds is 11. The molecular weight excluding hydrogens is 611 g/mol. The molecule has 3 heterocycles. The number of Topliss-reactive ketones (excluding diaryl/α,β-unsaturated/α-hetero) is 1. The topological polar surface area (TPSA) is 87.6 Å². The van der Waals surface area contributed by atoms with E-state index < -0.39 is 12.1 Å². The minimum absolute atomic E-state index is 0.0360. The van der Waals surface area contributed by atoms with Crippen LogP contribution in [0.2, 0.25) is 0 Å². The molecule has 3 N–H and O–H groups in total. The van der Waals surface area contributed by atoms with Gasteiger partial charge in [-0.15, -0.1) is 0 Å². The molecule has 0 aliphatic carbocycles. The van der Waals surface area contributed by atoms with Gasteiger partial charge in [-0.05, 0) is 44.1 Å². The fourth-order valence-corrected chi connectivity index (χ4v) is 7.21. The molecule has 1 aromatic carbocycles. The summed E-state index contributed by atoms with van der Waals surface area (Å²) in [6.45, 7) is 6.76. The Morgan fingerprint density at radius 2 is 1.80 bits per heavy atom. The molecule has 2 aliphatic rings. The van der Waals surface area contributed by atoms with E-state index in [-0.39, 0.29) is 23.9 Å². The molecule has 2 fully saturated rings. The first-order valence-electron chi connectivity index (χ1n) is 16.1. The fourth-order valence-electron chi connectivity index (χ4n) is 6.21. The number of nitrogens with zero attached hydrogens (tertiary/aromatic N) is 2. The second-order valence-electron chi connectivity index (χ2n) is 12.0. The van der Waals surface area contributed by atoms with E-state index >= 15 is 0 Å². The third-order valence-electron chi connectivity index (χ3n) is 9.11. The Kier molecular flexibility index (Phi) is 12.5. The SMILES string of the molecule is CCC(=O)CCCCC[C@@H]1NC(=S)[C@H]2CCCCN2C(=O)[C@H]([C@@H](C)CC)NC(=S)[C@H](c2cn(OC)c3ccccc23)NC1=S. The number of unbranched alkanes of at least 4 members (excludes halogenated alkanes) is 2. The molecule has 0 radical (unpaired) electrons. The highest BCUT2D eigenvalue weighted by atomic mass is 32.1. The molecule has 4 rings (SSSR count). The van der Waals surface area contributed by atoms with Crippen molar-refractivity contribution in [3.63, 3.8) is 0 Å². The van der Waals surface area contributed by atoms with Crippen LogP contribution in [-0.4, -0.2) is 68.1 Å². The smallest absolute Gasteiger partial charge is 0.245 e. The van der Waals surface area contributed by atoms with Crippen molar-refractivity contribution >= 4 is 74.2 Å². The van der Waals surface area contributed by atoms with Crippen molar-refractivity contribution in [3.05, 3.63) is 36.0 Å². The summed E-state index contributed by atoms with van der Waals surface area (Å²) in [7, 11) is 1.63. The van der Waals surface area contributed by atoms with Crippen molar-refractivity contribution in [2.45, 2.75) is 109 Å². The van der Waals surface area contributed by atoms with Crippen LogP contribution >= 0.6 is 36.7 Å². The molecule has 0 saturated carbocycles. The van der Waals surface area contributed by atoms with Crippen molar-refractivity contribution in [2.24, 2.45) is 5.92 Å². The van der Waals surface area contributed by atoms with Crippen LogP contribution in [-0.2, 0) is 9.59 Å². The molecule has 2 aromatic rings. The number of hydrogen-bond donors (Lipinski definition) is 3. The van der Waals surface area contributed by atoms with E-state index in [0.29, 0.717) is 40.1 Å². The van der Waals surface area contributed by atoms with Crippen LogP contribution < -0.4 is 20.8 Å². The van der Waals surface area contributed by atoms with Gasteiger partial charge in [-0.2, -0.15) is 4.73 Å². The lowest BCUT2D eigenvalue weighted by molar-refractivity contribution is -0.136. The summed E-state index contributed by atoms with van der Waals surface area (Å²) in [4.78, 5) is 35.5. The van der Waals surface area contributed by atoms with Crippen LogP contribution in [0.3, 0.4) is 0 Å². The van der Waals surface area contributed by atoms with Gasteiger partial charge in [0.1, 0.15) is 30.0 Å². The highest BCUT2D eigenvalue weighted by Gasteiger charge is 2.39. The normalized spacial score (nSPS) is 24.0. The maximum Gasteiger partial charge on any atom is 0.245 e. The Labute approximate surface area is 278 Å². The summed E-state index contributed by atoms with van der Waals surface area (Å²) in [5.41, 5.74) is 1.82. The number of thiocarbonyl (C=S) groups is 3. The van der Waals surface area contributed by atoms with Gasteiger partial charge in [0.25, 0.3) is 0 Å². The van der Waals surface area contributed by atoms with E-state index in [4.69, 9.17) is 41.5 Å².